The molecule has 0 atom stereocenters. The Morgan fingerprint density at radius 1 is 1.11 bits per heavy atom. The van der Waals surface area contributed by atoms with Gasteiger partial charge in [0, 0.05) is 11.1 Å². The number of alkyl halides is 3. The highest BCUT2D eigenvalue weighted by Gasteiger charge is 2.34. The van der Waals surface area contributed by atoms with Crippen molar-refractivity contribution in [3.8, 4) is 22.8 Å². The minimum atomic E-state index is -4.87. The lowest BCUT2D eigenvalue weighted by Gasteiger charge is -2.08. The lowest BCUT2D eigenvalue weighted by Crippen LogP contribution is -2.14. The van der Waals surface area contributed by atoms with E-state index in [1.165, 1.54) is 18.2 Å². The van der Waals surface area contributed by atoms with Crippen molar-refractivity contribution in [2.75, 3.05) is 0 Å². The van der Waals surface area contributed by atoms with Gasteiger partial charge in [0.15, 0.2) is 0 Å². The predicted molar refractivity (Wildman–Crippen MR) is 90.9 cm³/mol. The van der Waals surface area contributed by atoms with Crippen LogP contribution in [0.4, 0.5) is 17.6 Å². The minimum absolute atomic E-state index is 0.0311. The number of rotatable bonds is 4. The summed E-state index contributed by atoms with van der Waals surface area (Å²) in [4.78, 5) is 3.98. The van der Waals surface area contributed by atoms with E-state index < -0.39 is 27.6 Å². The summed E-state index contributed by atoms with van der Waals surface area (Å²) in [6.45, 7) is 1.73. The third kappa shape index (κ3) is 3.90. The maximum absolute atomic E-state index is 13.4. The van der Waals surface area contributed by atoms with Crippen LogP contribution in [0.15, 0.2) is 45.8 Å². The molecule has 11 heteroatoms. The molecule has 0 radical (unpaired) electrons. The molecule has 3 rings (SSSR count). The van der Waals surface area contributed by atoms with Crippen LogP contribution in [0.1, 0.15) is 18.1 Å². The largest absolute Gasteiger partial charge is 0.419 e. The van der Waals surface area contributed by atoms with Crippen molar-refractivity contribution in [1.82, 2.24) is 10.1 Å². The Labute approximate surface area is 157 Å². The molecule has 0 saturated carbocycles. The molecule has 3 aromatic rings. The van der Waals surface area contributed by atoms with Gasteiger partial charge < -0.3 is 4.52 Å². The highest BCUT2D eigenvalue weighted by atomic mass is 32.2. The summed E-state index contributed by atoms with van der Waals surface area (Å²) in [7, 11) is -3.91. The summed E-state index contributed by atoms with van der Waals surface area (Å²) in [5, 5.41) is 8.87. The van der Waals surface area contributed by atoms with E-state index in [9.17, 15) is 26.0 Å². The average molecular weight is 415 g/mol. The molecule has 2 N–H and O–H groups in total. The summed E-state index contributed by atoms with van der Waals surface area (Å²) >= 11 is 0. The van der Waals surface area contributed by atoms with Crippen molar-refractivity contribution < 1.29 is 30.5 Å². The van der Waals surface area contributed by atoms with Gasteiger partial charge in [-0.1, -0.05) is 12.1 Å². The molecule has 2 aromatic carbocycles. The van der Waals surface area contributed by atoms with Crippen molar-refractivity contribution in [1.29, 1.82) is 0 Å². The minimum Gasteiger partial charge on any atom is -0.334 e. The highest BCUT2D eigenvalue weighted by Crippen LogP contribution is 2.34. The molecule has 1 heterocycles. The fourth-order valence-electron chi connectivity index (χ4n) is 2.61. The van der Waals surface area contributed by atoms with Gasteiger partial charge in [0.1, 0.15) is 5.82 Å². The number of halogens is 4. The zero-order chi connectivity index (χ0) is 20.7. The maximum Gasteiger partial charge on any atom is 0.419 e. The van der Waals surface area contributed by atoms with Gasteiger partial charge in [-0.05, 0) is 48.4 Å². The highest BCUT2D eigenvalue weighted by molar-refractivity contribution is 7.89. The van der Waals surface area contributed by atoms with E-state index in [1.807, 2.05) is 0 Å². The van der Waals surface area contributed by atoms with Crippen LogP contribution >= 0.6 is 0 Å². The number of aromatic nitrogens is 2. The van der Waals surface area contributed by atoms with Gasteiger partial charge >= 0.3 is 6.18 Å². The molecule has 148 valence electrons. The summed E-state index contributed by atoms with van der Waals surface area (Å²) in [5.74, 6) is -1.63. The quantitative estimate of drug-likeness (QED) is 0.654. The van der Waals surface area contributed by atoms with Crippen molar-refractivity contribution >= 4 is 10.0 Å². The lowest BCUT2D eigenvalue weighted by molar-refractivity contribution is -0.139. The molecular weight excluding hydrogens is 402 g/mol. The van der Waals surface area contributed by atoms with E-state index in [1.54, 1.807) is 6.92 Å². The van der Waals surface area contributed by atoms with Crippen LogP contribution < -0.4 is 5.14 Å². The monoisotopic (exact) mass is 415 g/mol. The maximum atomic E-state index is 13.4. The van der Waals surface area contributed by atoms with Crippen molar-refractivity contribution in [2.45, 2.75) is 24.4 Å². The van der Waals surface area contributed by atoms with Crippen LogP contribution in [-0.2, 0) is 22.6 Å². The standard InChI is InChI=1S/C17H13F4N3O3S/c1-2-9-7-10(4-6-14(9)28(22,25)26)15-23-16(27-24-15)11-3-5-13(18)12(8-11)17(19,20)21/h3-8H,2H2,1H3,(H2,22,25,26). The first-order valence-electron chi connectivity index (χ1n) is 7.87. The summed E-state index contributed by atoms with van der Waals surface area (Å²) in [6, 6.07) is 6.52. The Balaban J connectivity index is 2.02. The average Bonchev–Trinajstić information content (AvgIpc) is 3.10. The molecule has 1 aromatic heterocycles. The van der Waals surface area contributed by atoms with Crippen molar-refractivity contribution in [3.63, 3.8) is 0 Å². The molecule has 0 bridgehead atoms. The van der Waals surface area contributed by atoms with Gasteiger partial charge in [-0.25, -0.2) is 17.9 Å². The topological polar surface area (TPSA) is 99.1 Å². The third-order valence-electron chi connectivity index (χ3n) is 3.95. The van der Waals surface area contributed by atoms with Gasteiger partial charge in [0.05, 0.1) is 10.5 Å². The van der Waals surface area contributed by atoms with E-state index >= 15 is 0 Å². The third-order valence-corrected chi connectivity index (χ3v) is 4.96. The molecule has 6 nitrogen and oxygen atoms in total. The fraction of sp³-hybridized carbons (Fsp3) is 0.176. The second-order valence-electron chi connectivity index (χ2n) is 5.84. The van der Waals surface area contributed by atoms with Crippen molar-refractivity contribution in [2.24, 2.45) is 5.14 Å². The van der Waals surface area contributed by atoms with Gasteiger partial charge in [0.2, 0.25) is 15.8 Å². The van der Waals surface area contributed by atoms with Crippen LogP contribution in [0.25, 0.3) is 22.8 Å². The van der Waals surface area contributed by atoms with Crippen LogP contribution in [0, 0.1) is 5.82 Å². The van der Waals surface area contributed by atoms with Gasteiger partial charge in [-0.2, -0.15) is 18.2 Å². The number of sulfonamides is 1. The lowest BCUT2D eigenvalue weighted by atomic mass is 10.1. The van der Waals surface area contributed by atoms with Crippen molar-refractivity contribution in [3.05, 3.63) is 53.3 Å². The Hall–Kier alpha value is -2.79. The van der Waals surface area contributed by atoms with E-state index in [4.69, 9.17) is 9.66 Å². The number of nitrogens with zero attached hydrogens (tertiary/aromatic N) is 2. The number of hydrogen-bond acceptors (Lipinski definition) is 5. The van der Waals surface area contributed by atoms with Gasteiger partial charge in [-0.3, -0.25) is 0 Å². The molecule has 28 heavy (non-hydrogen) atoms. The second-order valence-corrected chi connectivity index (χ2v) is 7.37. The van der Waals surface area contributed by atoms with Gasteiger partial charge in [0.25, 0.3) is 5.89 Å². The summed E-state index contributed by atoms with van der Waals surface area (Å²) < 4.78 is 80.2. The number of nitrogens with two attached hydrogens (primary N) is 1. The Bertz CT molecular complexity index is 1140. The van der Waals surface area contributed by atoms with Crippen LogP contribution in [0.3, 0.4) is 0 Å². The Morgan fingerprint density at radius 2 is 1.79 bits per heavy atom. The van der Waals surface area contributed by atoms with Crippen LogP contribution in [0.5, 0.6) is 0 Å². The van der Waals surface area contributed by atoms with Crippen LogP contribution in [0.2, 0.25) is 0 Å². The summed E-state index contributed by atoms with van der Waals surface area (Å²) in [5.41, 5.74) is -0.746. The predicted octanol–water partition coefficient (Wildman–Crippen LogP) is 3.77. The first-order valence-corrected chi connectivity index (χ1v) is 9.42. The molecule has 0 fully saturated rings. The first-order chi connectivity index (χ1) is 13.0. The first kappa shape index (κ1) is 20.0. The summed E-state index contributed by atoms with van der Waals surface area (Å²) in [6.07, 6.45) is -4.51. The number of hydrogen-bond donors (Lipinski definition) is 1. The number of aryl methyl sites for hydroxylation is 1. The molecule has 0 aliphatic carbocycles. The smallest absolute Gasteiger partial charge is 0.334 e. The van der Waals surface area contributed by atoms with Crippen LogP contribution in [-0.4, -0.2) is 18.6 Å². The molecule has 0 amide bonds. The number of primary sulfonamides is 1. The zero-order valence-corrected chi connectivity index (χ0v) is 15.1. The number of benzene rings is 2. The van der Waals surface area contributed by atoms with E-state index in [0.29, 0.717) is 29.7 Å². The second kappa shape index (κ2) is 6.99. The molecule has 0 aliphatic heterocycles. The Kier molecular flexibility index (Phi) is 4.98. The normalized spacial score (nSPS) is 12.4. The Morgan fingerprint density at radius 3 is 2.39 bits per heavy atom. The molecule has 0 spiro atoms. The fourth-order valence-corrected chi connectivity index (χ4v) is 3.43. The molecule has 0 saturated heterocycles. The zero-order valence-electron chi connectivity index (χ0n) is 14.3. The molecule has 0 unspecified atom stereocenters. The van der Waals surface area contributed by atoms with E-state index in [2.05, 4.69) is 10.1 Å². The van der Waals surface area contributed by atoms with E-state index in [-0.39, 0.29) is 22.2 Å². The van der Waals surface area contributed by atoms with E-state index in [0.717, 1.165) is 6.07 Å². The molecular formula is C17H13F4N3O3S. The molecule has 0 aliphatic rings. The SMILES string of the molecule is CCc1cc(-c2noc(-c3ccc(F)c(C(F)(F)F)c3)n2)ccc1S(N)(=O)=O. The van der Waals surface area contributed by atoms with Gasteiger partial charge in [-0.15, -0.1) is 0 Å².